The maximum Gasteiger partial charge on any atom is 0.246 e. The minimum absolute atomic E-state index is 0.0953. The highest BCUT2D eigenvalue weighted by Crippen LogP contribution is 2.38. The van der Waals surface area contributed by atoms with Crippen LogP contribution in [0.1, 0.15) is 64.6 Å². The summed E-state index contributed by atoms with van der Waals surface area (Å²) in [5, 5.41) is 15.9. The van der Waals surface area contributed by atoms with Gasteiger partial charge in [-0.3, -0.25) is 14.4 Å². The molecule has 202 valence electrons. The van der Waals surface area contributed by atoms with Crippen LogP contribution in [0.5, 0.6) is 5.75 Å². The first-order valence-corrected chi connectivity index (χ1v) is 13.4. The highest BCUT2D eigenvalue weighted by Gasteiger charge is 2.41. The summed E-state index contributed by atoms with van der Waals surface area (Å²) in [5.41, 5.74) is 2.90. The molecule has 1 aromatic heterocycles. The topological polar surface area (TPSA) is 112 Å². The first-order valence-electron chi connectivity index (χ1n) is 12.5. The molecule has 1 saturated carbocycles. The SMILES string of the molecule is CC1(F)CC1.Cc1ncsc1-c1ccc(CNC(=O)[C@@H]2CCCN2C(=O)C(NC=O)C(C)(C)C)c(O)c1. The first kappa shape index (κ1) is 28.6. The van der Waals surface area contributed by atoms with Gasteiger partial charge in [0.15, 0.2) is 0 Å². The molecule has 2 fully saturated rings. The summed E-state index contributed by atoms with van der Waals surface area (Å²) in [6.07, 6.45) is 3.38. The van der Waals surface area contributed by atoms with E-state index in [9.17, 15) is 23.9 Å². The van der Waals surface area contributed by atoms with Crippen LogP contribution < -0.4 is 10.6 Å². The summed E-state index contributed by atoms with van der Waals surface area (Å²) >= 11 is 1.51. The van der Waals surface area contributed by atoms with E-state index in [1.54, 1.807) is 29.5 Å². The van der Waals surface area contributed by atoms with Crippen LogP contribution in [0.3, 0.4) is 0 Å². The van der Waals surface area contributed by atoms with Crippen molar-refractivity contribution in [3.05, 3.63) is 35.0 Å². The van der Waals surface area contributed by atoms with E-state index >= 15 is 0 Å². The van der Waals surface area contributed by atoms with Crippen molar-refractivity contribution in [2.24, 2.45) is 5.41 Å². The fraction of sp³-hybridized carbons (Fsp3) is 0.556. The van der Waals surface area contributed by atoms with Crippen LogP contribution in [0.15, 0.2) is 23.7 Å². The average molecular weight is 533 g/mol. The van der Waals surface area contributed by atoms with E-state index in [1.807, 2.05) is 33.8 Å². The number of phenols is 1. The summed E-state index contributed by atoms with van der Waals surface area (Å²) in [6, 6.07) is 4.05. The molecule has 2 aliphatic rings. The highest BCUT2D eigenvalue weighted by molar-refractivity contribution is 7.13. The third kappa shape index (κ3) is 7.50. The Kier molecular flexibility index (Phi) is 8.94. The van der Waals surface area contributed by atoms with Crippen molar-refractivity contribution < 1.29 is 23.9 Å². The van der Waals surface area contributed by atoms with Gasteiger partial charge in [-0.25, -0.2) is 9.37 Å². The van der Waals surface area contributed by atoms with E-state index in [0.717, 1.165) is 35.4 Å². The molecule has 0 radical (unpaired) electrons. The first-order chi connectivity index (χ1) is 17.3. The standard InChI is InChI=1S/C23H30N4O4S.C4H7F/c1-14-19(32-13-26-14)15-7-8-16(18(29)10-15)11-24-21(30)17-6-5-9-27(17)22(31)20(25-12-28)23(2,3)4;1-4(5)2-3-4/h7-8,10,12-13,17,20,29H,5-6,9,11H2,1-4H3,(H,24,30)(H,25,28);2-3H2,1H3/t17-,20?;/m0./s1. The van der Waals surface area contributed by atoms with E-state index in [1.165, 1.54) is 11.3 Å². The molecule has 2 aromatic rings. The average Bonchev–Trinajstić information content (AvgIpc) is 3.20. The predicted octanol–water partition coefficient (Wildman–Crippen LogP) is 4.10. The molecule has 1 saturated heterocycles. The van der Waals surface area contributed by atoms with Crippen LogP contribution in [0.25, 0.3) is 10.4 Å². The lowest BCUT2D eigenvalue weighted by molar-refractivity contribution is -0.142. The number of nitrogens with zero attached hydrogens (tertiary/aromatic N) is 2. The number of aryl methyl sites for hydroxylation is 1. The van der Waals surface area contributed by atoms with Crippen LogP contribution in [0, 0.1) is 12.3 Å². The molecule has 8 nitrogen and oxygen atoms in total. The van der Waals surface area contributed by atoms with Crippen LogP contribution in [0.4, 0.5) is 4.39 Å². The van der Waals surface area contributed by atoms with Crippen molar-refractivity contribution >= 4 is 29.6 Å². The van der Waals surface area contributed by atoms with E-state index in [0.29, 0.717) is 24.9 Å². The number of phenolic OH excluding ortho intramolecular Hbond substituents is 1. The van der Waals surface area contributed by atoms with Gasteiger partial charge in [-0.15, -0.1) is 11.3 Å². The second kappa shape index (κ2) is 11.6. The van der Waals surface area contributed by atoms with Crippen molar-refractivity contribution in [1.29, 1.82) is 0 Å². The van der Waals surface area contributed by atoms with Gasteiger partial charge in [0, 0.05) is 18.7 Å². The minimum atomic E-state index is -0.750. The third-order valence-electron chi connectivity index (χ3n) is 6.67. The van der Waals surface area contributed by atoms with Crippen molar-refractivity contribution in [2.75, 3.05) is 6.54 Å². The lowest BCUT2D eigenvalue weighted by Crippen LogP contribution is -2.56. The largest absolute Gasteiger partial charge is 0.508 e. The monoisotopic (exact) mass is 532 g/mol. The smallest absolute Gasteiger partial charge is 0.246 e. The zero-order valence-corrected chi connectivity index (χ0v) is 23.0. The Morgan fingerprint density at radius 3 is 2.54 bits per heavy atom. The molecule has 10 heteroatoms. The molecule has 2 atom stereocenters. The number of amides is 3. The van der Waals surface area contributed by atoms with E-state index < -0.39 is 23.2 Å². The molecular formula is C27H37FN4O4S. The Bertz CT molecular complexity index is 1120. The van der Waals surface area contributed by atoms with E-state index in [2.05, 4.69) is 15.6 Å². The zero-order valence-electron chi connectivity index (χ0n) is 22.1. The number of hydrogen-bond acceptors (Lipinski definition) is 6. The predicted molar refractivity (Wildman–Crippen MR) is 142 cm³/mol. The lowest BCUT2D eigenvalue weighted by atomic mass is 9.85. The van der Waals surface area contributed by atoms with Crippen molar-refractivity contribution in [3.63, 3.8) is 0 Å². The summed E-state index contributed by atoms with van der Waals surface area (Å²) in [7, 11) is 0. The van der Waals surface area contributed by atoms with Gasteiger partial charge in [0.1, 0.15) is 23.5 Å². The number of hydrogen-bond donors (Lipinski definition) is 3. The van der Waals surface area contributed by atoms with Gasteiger partial charge in [0.05, 0.1) is 16.1 Å². The molecule has 1 aromatic carbocycles. The van der Waals surface area contributed by atoms with Crippen molar-refractivity contribution in [2.45, 2.75) is 84.6 Å². The van der Waals surface area contributed by atoms with Gasteiger partial charge in [-0.1, -0.05) is 32.9 Å². The van der Waals surface area contributed by atoms with Gasteiger partial charge in [0.2, 0.25) is 18.2 Å². The molecule has 0 bridgehead atoms. The molecule has 3 N–H and O–H groups in total. The number of alkyl halides is 1. The highest BCUT2D eigenvalue weighted by atomic mass is 32.1. The number of carbonyl (C=O) groups is 3. The number of likely N-dealkylation sites (tertiary alicyclic amines) is 1. The molecule has 1 unspecified atom stereocenters. The quantitative estimate of drug-likeness (QED) is 0.465. The van der Waals surface area contributed by atoms with Gasteiger partial charge >= 0.3 is 0 Å². The third-order valence-corrected chi connectivity index (χ3v) is 7.65. The summed E-state index contributed by atoms with van der Waals surface area (Å²) in [6.45, 7) is 9.79. The molecule has 1 aliphatic heterocycles. The van der Waals surface area contributed by atoms with Crippen molar-refractivity contribution in [1.82, 2.24) is 20.5 Å². The van der Waals surface area contributed by atoms with Gasteiger partial charge in [-0.2, -0.15) is 0 Å². The minimum Gasteiger partial charge on any atom is -0.508 e. The number of halogens is 1. The molecule has 0 spiro atoms. The Labute approximate surface area is 221 Å². The number of thiazole rings is 1. The van der Waals surface area contributed by atoms with Crippen LogP contribution in [0.2, 0.25) is 0 Å². The molecule has 2 heterocycles. The van der Waals surface area contributed by atoms with Gasteiger partial charge in [0.25, 0.3) is 0 Å². The summed E-state index contributed by atoms with van der Waals surface area (Å²) < 4.78 is 11.8. The Hall–Kier alpha value is -3.01. The lowest BCUT2D eigenvalue weighted by Gasteiger charge is -2.34. The fourth-order valence-corrected chi connectivity index (χ4v) is 4.94. The van der Waals surface area contributed by atoms with Gasteiger partial charge in [-0.05, 0) is 56.6 Å². The Morgan fingerprint density at radius 2 is 2.03 bits per heavy atom. The molecular weight excluding hydrogens is 495 g/mol. The number of benzene rings is 1. The zero-order chi connectivity index (χ0) is 27.4. The summed E-state index contributed by atoms with van der Waals surface area (Å²) in [4.78, 5) is 43.8. The van der Waals surface area contributed by atoms with E-state index in [4.69, 9.17) is 0 Å². The Balaban J connectivity index is 0.000000678. The number of aromatic nitrogens is 1. The second-order valence-corrected chi connectivity index (χ2v) is 11.9. The van der Waals surface area contributed by atoms with Crippen LogP contribution in [-0.4, -0.2) is 57.5 Å². The summed E-state index contributed by atoms with van der Waals surface area (Å²) in [5.74, 6) is -0.427. The van der Waals surface area contributed by atoms with Crippen LogP contribution >= 0.6 is 11.3 Å². The number of aromatic hydroxyl groups is 1. The second-order valence-electron chi connectivity index (χ2n) is 11.0. The Morgan fingerprint density at radius 1 is 1.35 bits per heavy atom. The normalized spacial score (nSPS) is 18.9. The molecule has 37 heavy (non-hydrogen) atoms. The van der Waals surface area contributed by atoms with Crippen LogP contribution in [-0.2, 0) is 20.9 Å². The molecule has 1 aliphatic carbocycles. The fourth-order valence-electron chi connectivity index (χ4n) is 4.13. The molecule has 4 rings (SSSR count). The maximum absolute atomic E-state index is 13.1. The number of rotatable bonds is 7. The van der Waals surface area contributed by atoms with E-state index in [-0.39, 0.29) is 24.1 Å². The molecule has 3 amide bonds. The van der Waals surface area contributed by atoms with Crippen molar-refractivity contribution in [3.8, 4) is 16.2 Å². The number of nitrogens with one attached hydrogen (secondary N) is 2. The maximum atomic E-state index is 13.1. The number of carbonyl (C=O) groups excluding carboxylic acids is 3. The van der Waals surface area contributed by atoms with Gasteiger partial charge < -0.3 is 20.6 Å².